The summed E-state index contributed by atoms with van der Waals surface area (Å²) in [4.78, 5) is 11.3. The van der Waals surface area contributed by atoms with Gasteiger partial charge in [-0.25, -0.2) is 0 Å². The van der Waals surface area contributed by atoms with Crippen LogP contribution in [0.5, 0.6) is 0 Å². The van der Waals surface area contributed by atoms with Crippen molar-refractivity contribution in [1.82, 2.24) is 0 Å². The minimum absolute atomic E-state index is 0.0761. The number of carbonyl (C=O) groups excluding carboxylic acids is 1. The van der Waals surface area contributed by atoms with Crippen LogP contribution in [0.3, 0.4) is 0 Å². The maximum Gasteiger partial charge on any atom is 0.305 e. The molecule has 0 radical (unpaired) electrons. The third-order valence-electron chi connectivity index (χ3n) is 2.50. The van der Waals surface area contributed by atoms with Gasteiger partial charge in [0.1, 0.15) is 6.61 Å². The average molecular weight is 317 g/mol. The van der Waals surface area contributed by atoms with Gasteiger partial charge in [-0.05, 0) is 19.3 Å². The van der Waals surface area contributed by atoms with Crippen LogP contribution in [0, 0.1) is 11.8 Å². The van der Waals surface area contributed by atoms with E-state index in [1.54, 1.807) is 0 Å². The molecule has 0 saturated carbocycles. The van der Waals surface area contributed by atoms with Crippen molar-refractivity contribution in [3.8, 4) is 11.8 Å². The molecule has 0 aromatic carbocycles. The summed E-state index contributed by atoms with van der Waals surface area (Å²) in [5.41, 5.74) is 0. The van der Waals surface area contributed by atoms with E-state index in [0.717, 1.165) is 31.0 Å². The molecule has 0 fully saturated rings. The minimum Gasteiger partial charge on any atom is -0.465 e. The molecule has 18 heavy (non-hydrogen) atoms. The normalized spacial score (nSPS) is 9.67. The quantitative estimate of drug-likeness (QED) is 0.257. The van der Waals surface area contributed by atoms with Crippen LogP contribution in [-0.4, -0.2) is 17.9 Å². The zero-order chi connectivity index (χ0) is 13.5. The van der Waals surface area contributed by atoms with Gasteiger partial charge in [0.05, 0.1) is 0 Å². The van der Waals surface area contributed by atoms with E-state index in [0.29, 0.717) is 19.4 Å². The average Bonchev–Trinajstić information content (AvgIpc) is 2.38. The molecule has 0 unspecified atom stereocenters. The first-order valence-electron chi connectivity index (χ1n) is 6.98. The number of halogens is 1. The molecule has 0 rings (SSSR count). The number of hydrogen-bond donors (Lipinski definition) is 0. The molecular weight excluding hydrogens is 292 g/mol. The van der Waals surface area contributed by atoms with Gasteiger partial charge in [-0.2, -0.15) is 0 Å². The van der Waals surface area contributed by atoms with Gasteiger partial charge in [0.15, 0.2) is 0 Å². The lowest BCUT2D eigenvalue weighted by Crippen LogP contribution is -2.05. The molecule has 0 saturated heterocycles. The second kappa shape index (κ2) is 14.6. The van der Waals surface area contributed by atoms with E-state index in [1.165, 1.54) is 19.3 Å². The lowest BCUT2D eigenvalue weighted by atomic mass is 10.1. The highest BCUT2D eigenvalue weighted by molar-refractivity contribution is 9.09. The van der Waals surface area contributed by atoms with Crippen LogP contribution in [-0.2, 0) is 9.53 Å². The van der Waals surface area contributed by atoms with Gasteiger partial charge in [0, 0.05) is 24.6 Å². The topological polar surface area (TPSA) is 26.3 Å². The molecule has 0 spiro atoms. The molecule has 0 aliphatic rings. The van der Waals surface area contributed by atoms with Crippen LogP contribution in [0.15, 0.2) is 0 Å². The molecule has 2 nitrogen and oxygen atoms in total. The highest BCUT2D eigenvalue weighted by Crippen LogP contribution is 2.07. The zero-order valence-corrected chi connectivity index (χ0v) is 13.1. The van der Waals surface area contributed by atoms with Gasteiger partial charge in [0.2, 0.25) is 0 Å². The molecule has 0 aliphatic carbocycles. The number of unbranched alkanes of at least 4 members (excludes halogenated alkanes) is 5. The van der Waals surface area contributed by atoms with Crippen molar-refractivity contribution in [1.29, 1.82) is 0 Å². The smallest absolute Gasteiger partial charge is 0.305 e. The summed E-state index contributed by atoms with van der Waals surface area (Å²) in [6.45, 7) is 2.55. The van der Waals surface area contributed by atoms with Gasteiger partial charge in [-0.15, -0.1) is 5.92 Å². The van der Waals surface area contributed by atoms with E-state index < -0.39 is 0 Å². The summed E-state index contributed by atoms with van der Waals surface area (Å²) < 4.78 is 5.10. The van der Waals surface area contributed by atoms with E-state index in [2.05, 4.69) is 34.7 Å². The SMILES string of the molecule is CCCC#CCCOC(=O)CCCCCCCBr. The predicted octanol–water partition coefficient (Wildman–Crippen LogP) is 4.46. The minimum atomic E-state index is -0.0761. The third kappa shape index (κ3) is 13.6. The second-order valence-electron chi connectivity index (χ2n) is 4.28. The van der Waals surface area contributed by atoms with E-state index >= 15 is 0 Å². The van der Waals surface area contributed by atoms with Crippen LogP contribution in [0.2, 0.25) is 0 Å². The standard InChI is InChI=1S/C15H25BrO2/c1-2-3-4-8-11-14-18-15(17)12-9-6-5-7-10-13-16/h2-3,5-7,9-14H2,1H3. The third-order valence-corrected chi connectivity index (χ3v) is 3.07. The first kappa shape index (κ1) is 17.5. The van der Waals surface area contributed by atoms with Crippen LogP contribution < -0.4 is 0 Å². The molecule has 0 aromatic heterocycles. The maximum atomic E-state index is 11.3. The van der Waals surface area contributed by atoms with E-state index in [-0.39, 0.29) is 5.97 Å². The Labute approximate surface area is 120 Å². The Kier molecular flexibility index (Phi) is 14.2. The number of ether oxygens (including phenoxy) is 1. The maximum absolute atomic E-state index is 11.3. The Bertz CT molecular complexity index is 253. The van der Waals surface area contributed by atoms with Gasteiger partial charge >= 0.3 is 5.97 Å². The van der Waals surface area contributed by atoms with Gasteiger partial charge in [0.25, 0.3) is 0 Å². The Hall–Kier alpha value is -0.490. The summed E-state index contributed by atoms with van der Waals surface area (Å²) in [6, 6.07) is 0. The summed E-state index contributed by atoms with van der Waals surface area (Å²) in [5.74, 6) is 5.96. The summed E-state index contributed by atoms with van der Waals surface area (Å²) in [7, 11) is 0. The van der Waals surface area contributed by atoms with E-state index in [4.69, 9.17) is 4.74 Å². The fourth-order valence-electron chi connectivity index (χ4n) is 1.48. The highest BCUT2D eigenvalue weighted by Gasteiger charge is 2.01. The fraction of sp³-hybridized carbons (Fsp3) is 0.800. The largest absolute Gasteiger partial charge is 0.465 e. The number of hydrogen-bond acceptors (Lipinski definition) is 2. The first-order chi connectivity index (χ1) is 8.81. The van der Waals surface area contributed by atoms with Crippen molar-refractivity contribution in [2.75, 3.05) is 11.9 Å². The van der Waals surface area contributed by atoms with E-state index in [1.807, 2.05) is 0 Å². The zero-order valence-electron chi connectivity index (χ0n) is 11.5. The second-order valence-corrected chi connectivity index (χ2v) is 5.07. The lowest BCUT2D eigenvalue weighted by molar-refractivity contribution is -0.143. The van der Waals surface area contributed by atoms with Gasteiger partial charge in [-0.3, -0.25) is 4.79 Å². The van der Waals surface area contributed by atoms with Gasteiger partial charge < -0.3 is 4.74 Å². The first-order valence-corrected chi connectivity index (χ1v) is 8.10. The number of alkyl halides is 1. The lowest BCUT2D eigenvalue weighted by Gasteiger charge is -2.02. The van der Waals surface area contributed by atoms with Crippen LogP contribution in [0.4, 0.5) is 0 Å². The summed E-state index contributed by atoms with van der Waals surface area (Å²) >= 11 is 3.41. The molecule has 0 bridgehead atoms. The Morgan fingerprint density at radius 1 is 1.06 bits per heavy atom. The predicted molar refractivity (Wildman–Crippen MR) is 79.8 cm³/mol. The molecule has 0 amide bonds. The van der Waals surface area contributed by atoms with Crippen molar-refractivity contribution in [2.45, 2.75) is 64.7 Å². The van der Waals surface area contributed by atoms with Crippen molar-refractivity contribution < 1.29 is 9.53 Å². The molecule has 0 N–H and O–H groups in total. The Morgan fingerprint density at radius 2 is 1.72 bits per heavy atom. The molecule has 104 valence electrons. The molecule has 3 heteroatoms. The Morgan fingerprint density at radius 3 is 2.44 bits per heavy atom. The molecule has 0 aromatic rings. The van der Waals surface area contributed by atoms with Crippen molar-refractivity contribution in [3.05, 3.63) is 0 Å². The number of carbonyl (C=O) groups is 1. The van der Waals surface area contributed by atoms with Crippen LogP contribution in [0.1, 0.15) is 64.7 Å². The highest BCUT2D eigenvalue weighted by atomic mass is 79.9. The number of rotatable bonds is 10. The molecule has 0 atom stereocenters. The van der Waals surface area contributed by atoms with Crippen LogP contribution in [0.25, 0.3) is 0 Å². The van der Waals surface area contributed by atoms with Crippen molar-refractivity contribution in [2.24, 2.45) is 0 Å². The molecular formula is C15H25BrO2. The fourth-order valence-corrected chi connectivity index (χ4v) is 1.88. The van der Waals surface area contributed by atoms with Crippen molar-refractivity contribution in [3.63, 3.8) is 0 Å². The summed E-state index contributed by atoms with van der Waals surface area (Å²) in [5, 5.41) is 1.08. The summed E-state index contributed by atoms with van der Waals surface area (Å²) in [6.07, 6.45) is 8.98. The van der Waals surface area contributed by atoms with E-state index in [9.17, 15) is 4.79 Å². The number of esters is 1. The van der Waals surface area contributed by atoms with Crippen molar-refractivity contribution >= 4 is 21.9 Å². The molecule has 0 aliphatic heterocycles. The van der Waals surface area contributed by atoms with Crippen LogP contribution >= 0.6 is 15.9 Å². The monoisotopic (exact) mass is 316 g/mol. The Balaban J connectivity index is 3.25. The van der Waals surface area contributed by atoms with Gasteiger partial charge in [-0.1, -0.05) is 48.0 Å². The molecule has 0 heterocycles.